The predicted octanol–water partition coefficient (Wildman–Crippen LogP) is 7.75. The van der Waals surface area contributed by atoms with Crippen LogP contribution in [0.15, 0.2) is 54.6 Å². The van der Waals surface area contributed by atoms with Crippen LogP contribution in [0.1, 0.15) is 52.0 Å². The molecule has 10 nitrogen and oxygen atoms in total. The van der Waals surface area contributed by atoms with Crippen molar-refractivity contribution in [3.8, 4) is 0 Å². The third kappa shape index (κ3) is 12.2. The summed E-state index contributed by atoms with van der Waals surface area (Å²) >= 11 is 0. The normalized spacial score (nSPS) is 20.6. The second-order valence-electron chi connectivity index (χ2n) is 15.6. The van der Waals surface area contributed by atoms with Gasteiger partial charge >= 0.3 is 34.2 Å². The van der Waals surface area contributed by atoms with Crippen molar-refractivity contribution in [2.75, 3.05) is 33.5 Å². The van der Waals surface area contributed by atoms with E-state index in [9.17, 15) is 9.59 Å². The van der Waals surface area contributed by atoms with E-state index in [2.05, 4.69) is 83.6 Å². The van der Waals surface area contributed by atoms with Crippen molar-refractivity contribution in [1.29, 1.82) is 0 Å². The summed E-state index contributed by atoms with van der Waals surface area (Å²) in [7, 11) is -11.7. The lowest BCUT2D eigenvalue weighted by atomic mass is 10.0. The summed E-state index contributed by atoms with van der Waals surface area (Å²) < 4.78 is 45.8. The fourth-order valence-electron chi connectivity index (χ4n) is 6.94. The van der Waals surface area contributed by atoms with E-state index < -0.39 is 42.6 Å². The highest BCUT2D eigenvalue weighted by atomic mass is 28.5. The number of amides is 2. The molecule has 0 N–H and O–H groups in total. The molecule has 278 valence electrons. The van der Waals surface area contributed by atoms with Crippen LogP contribution in [0.3, 0.4) is 0 Å². The molecule has 0 bridgehead atoms. The zero-order valence-electron chi connectivity index (χ0n) is 31.8. The van der Waals surface area contributed by atoms with Crippen LogP contribution in [-0.4, -0.2) is 98.9 Å². The Morgan fingerprint density at radius 1 is 0.760 bits per heavy atom. The lowest BCUT2D eigenvalue weighted by Crippen LogP contribution is -2.61. The number of benzene rings is 2. The van der Waals surface area contributed by atoms with E-state index in [1.807, 2.05) is 6.07 Å². The summed E-state index contributed by atoms with van der Waals surface area (Å²) in [4.78, 5) is 27.7. The first-order chi connectivity index (χ1) is 23.4. The van der Waals surface area contributed by atoms with E-state index in [-0.39, 0.29) is 30.4 Å². The van der Waals surface area contributed by atoms with Crippen LogP contribution in [0.4, 0.5) is 0 Å². The number of epoxide rings is 1. The van der Waals surface area contributed by atoms with Crippen LogP contribution in [0.2, 0.25) is 70.5 Å². The van der Waals surface area contributed by atoms with Gasteiger partial charge in [-0.3, -0.25) is 14.5 Å². The molecule has 4 rings (SSSR count). The molecule has 2 aromatic rings. The number of carbonyl (C=O) groups is 2. The Labute approximate surface area is 305 Å². The monoisotopic (exact) mass is 777 g/mol. The van der Waals surface area contributed by atoms with Gasteiger partial charge in [0, 0.05) is 20.3 Å². The molecule has 2 aliphatic heterocycles. The fourth-order valence-corrected chi connectivity index (χ4v) is 31.3. The molecule has 0 aromatic heterocycles. The van der Waals surface area contributed by atoms with E-state index in [0.29, 0.717) is 42.8 Å². The van der Waals surface area contributed by atoms with Crippen molar-refractivity contribution >= 4 is 54.4 Å². The molecule has 0 radical (unpaired) electrons. The summed E-state index contributed by atoms with van der Waals surface area (Å²) in [5.74, 6) is -0.324. The average Bonchev–Trinajstić information content (AvgIpc) is 3.81. The van der Waals surface area contributed by atoms with E-state index in [4.69, 9.17) is 30.4 Å². The Balaban J connectivity index is 1.58. The summed E-state index contributed by atoms with van der Waals surface area (Å²) in [6.07, 6.45) is 1.60. The van der Waals surface area contributed by atoms with Gasteiger partial charge in [-0.1, -0.05) is 49.4 Å². The molecular weight excluding hydrogens is 719 g/mol. The van der Waals surface area contributed by atoms with Gasteiger partial charge < -0.3 is 30.4 Å². The van der Waals surface area contributed by atoms with Gasteiger partial charge in [-0.15, -0.1) is 0 Å². The van der Waals surface area contributed by atoms with Gasteiger partial charge in [0.15, 0.2) is 8.32 Å². The average molecular weight is 778 g/mol. The molecule has 0 spiro atoms. The van der Waals surface area contributed by atoms with Crippen molar-refractivity contribution in [3.05, 3.63) is 71.3 Å². The van der Waals surface area contributed by atoms with E-state index in [1.165, 1.54) is 10.5 Å². The van der Waals surface area contributed by atoms with Gasteiger partial charge in [-0.05, 0) is 107 Å². The van der Waals surface area contributed by atoms with Crippen LogP contribution in [0.5, 0.6) is 0 Å². The molecule has 15 heteroatoms. The van der Waals surface area contributed by atoms with Gasteiger partial charge in [0.2, 0.25) is 0 Å². The summed E-state index contributed by atoms with van der Waals surface area (Å²) in [6.45, 7) is 21.6. The Morgan fingerprint density at radius 2 is 1.32 bits per heavy atom. The SMILES string of the molecule is CO[Si](C)(CCCOCC1CO1)O[Si](C)(CC(C)c1ccccc1)O[Si](C)(CCCN1C(=O)c2ccccc2C1=O)O[Si](C)(C)O[Si](C)(C)C. The highest BCUT2D eigenvalue weighted by molar-refractivity contribution is 6.90. The number of ether oxygens (including phenoxy) is 2. The number of rotatable bonds is 22. The molecule has 0 aliphatic carbocycles. The largest absolute Gasteiger partial charge is 0.437 e. The molecule has 5 unspecified atom stereocenters. The molecule has 0 saturated carbocycles. The summed E-state index contributed by atoms with van der Waals surface area (Å²) in [5, 5.41) is 0. The van der Waals surface area contributed by atoms with Crippen LogP contribution in [0, 0.1) is 0 Å². The first-order valence-electron chi connectivity index (χ1n) is 17.9. The zero-order valence-corrected chi connectivity index (χ0v) is 36.8. The Kier molecular flexibility index (Phi) is 14.0. The van der Waals surface area contributed by atoms with Gasteiger partial charge in [-0.2, -0.15) is 0 Å². The van der Waals surface area contributed by atoms with Gasteiger partial charge in [-0.25, -0.2) is 0 Å². The van der Waals surface area contributed by atoms with Crippen molar-refractivity contribution in [2.24, 2.45) is 0 Å². The molecule has 2 aromatic carbocycles. The predicted molar refractivity (Wildman–Crippen MR) is 208 cm³/mol. The number of carbonyl (C=O) groups excluding carboxylic acids is 2. The highest BCUT2D eigenvalue weighted by Gasteiger charge is 2.51. The van der Waals surface area contributed by atoms with Crippen LogP contribution >= 0.6 is 0 Å². The third-order valence-corrected chi connectivity index (χ3v) is 28.6. The van der Waals surface area contributed by atoms with E-state index in [0.717, 1.165) is 19.1 Å². The minimum atomic E-state index is -3.07. The smallest absolute Gasteiger partial charge is 0.325 e. The Morgan fingerprint density at radius 3 is 1.88 bits per heavy atom. The second-order valence-corrected chi connectivity index (χ2v) is 34.5. The van der Waals surface area contributed by atoms with Crippen molar-refractivity contribution in [1.82, 2.24) is 4.90 Å². The number of imide groups is 1. The Hall–Kier alpha value is -1.62. The Bertz CT molecular complexity index is 1410. The maximum Gasteiger partial charge on any atom is 0.325 e. The molecule has 50 heavy (non-hydrogen) atoms. The summed E-state index contributed by atoms with van der Waals surface area (Å²) in [6, 6.07) is 19.5. The minimum absolute atomic E-state index is 0.171. The maximum absolute atomic E-state index is 13.2. The van der Waals surface area contributed by atoms with Crippen molar-refractivity contribution in [3.63, 3.8) is 0 Å². The minimum Gasteiger partial charge on any atom is -0.437 e. The van der Waals surface area contributed by atoms with E-state index in [1.54, 1.807) is 31.4 Å². The zero-order chi connectivity index (χ0) is 36.8. The maximum atomic E-state index is 13.2. The molecule has 1 fully saturated rings. The number of fused-ring (bicyclic) bond motifs is 1. The molecule has 2 heterocycles. The van der Waals surface area contributed by atoms with Crippen LogP contribution < -0.4 is 0 Å². The molecule has 5 atom stereocenters. The lowest BCUT2D eigenvalue weighted by molar-refractivity contribution is 0.0652. The molecule has 2 aliphatic rings. The standard InChI is InChI=1S/C35H59NO9Si5/c1-29(30-18-12-11-13-19-30)28-50(10,44-48(8,39-2)25-17-23-40-26-31-27-41-31)45-49(9,43-47(6,7)42-46(3,4)5)24-16-22-36-34(37)32-20-14-15-21-33(32)35(36)38/h11-15,18-21,29,31H,16-17,22-28H2,1-10H3. The molecule has 1 saturated heterocycles. The second kappa shape index (κ2) is 17.0. The summed E-state index contributed by atoms with van der Waals surface area (Å²) in [5.41, 5.74) is 2.14. The fraction of sp³-hybridized carbons (Fsp3) is 0.600. The first kappa shape index (κ1) is 41.1. The number of hydrogen-bond donors (Lipinski definition) is 0. The molecule has 2 amide bonds. The quantitative estimate of drug-likeness (QED) is 0.0514. The first-order valence-corrected chi connectivity index (χ1v) is 31.7. The lowest BCUT2D eigenvalue weighted by Gasteiger charge is -2.45. The third-order valence-electron chi connectivity index (χ3n) is 8.87. The van der Waals surface area contributed by atoms with Gasteiger partial charge in [0.25, 0.3) is 11.8 Å². The van der Waals surface area contributed by atoms with Crippen molar-refractivity contribution < 1.29 is 39.9 Å². The van der Waals surface area contributed by atoms with Crippen LogP contribution in [-0.2, 0) is 30.4 Å². The van der Waals surface area contributed by atoms with Gasteiger partial charge in [0.05, 0.1) is 24.3 Å². The van der Waals surface area contributed by atoms with E-state index >= 15 is 0 Å². The topological polar surface area (TPSA) is 105 Å². The number of nitrogens with zero attached hydrogens (tertiary/aromatic N) is 1. The highest BCUT2D eigenvalue weighted by Crippen LogP contribution is 2.37. The molecular formula is C35H59NO9Si5. The van der Waals surface area contributed by atoms with Crippen LogP contribution in [0.25, 0.3) is 0 Å². The van der Waals surface area contributed by atoms with Gasteiger partial charge in [0.1, 0.15) is 6.10 Å². The number of hydrogen-bond acceptors (Lipinski definition) is 9. The van der Waals surface area contributed by atoms with Crippen molar-refractivity contribution in [2.45, 2.75) is 102 Å².